The van der Waals surface area contributed by atoms with E-state index >= 15 is 0 Å². The lowest BCUT2D eigenvalue weighted by atomic mass is 9.93. The monoisotopic (exact) mass is 406 g/mol. The lowest BCUT2D eigenvalue weighted by Crippen LogP contribution is -2.11. The summed E-state index contributed by atoms with van der Waals surface area (Å²) in [5.74, 6) is 0.956. The molecule has 0 saturated heterocycles. The summed E-state index contributed by atoms with van der Waals surface area (Å²) >= 11 is 8.06. The van der Waals surface area contributed by atoms with Gasteiger partial charge in [0.1, 0.15) is 5.76 Å². The van der Waals surface area contributed by atoms with Gasteiger partial charge in [-0.1, -0.05) is 25.9 Å². The number of halogens is 2. The van der Waals surface area contributed by atoms with Crippen molar-refractivity contribution in [3.8, 4) is 0 Å². The summed E-state index contributed by atoms with van der Waals surface area (Å²) in [6.45, 7) is 6.06. The number of nitrogens with one attached hydrogen (secondary N) is 1. The first-order chi connectivity index (χ1) is 8.77. The highest BCUT2D eigenvalue weighted by Gasteiger charge is 2.21. The van der Waals surface area contributed by atoms with Crippen LogP contribution in [0.2, 0.25) is 0 Å². The van der Waals surface area contributed by atoms with Gasteiger partial charge in [-0.15, -0.1) is 11.3 Å². The molecule has 0 aliphatic rings. The van der Waals surface area contributed by atoms with Crippen molar-refractivity contribution >= 4 is 54.9 Å². The summed E-state index contributed by atoms with van der Waals surface area (Å²) in [5.41, 5.74) is -0.134. The molecular formula is C12H12Br2N2O2S. The molecule has 102 valence electrons. The fraction of sp³-hybridized carbons (Fsp3) is 0.333. The van der Waals surface area contributed by atoms with Gasteiger partial charge in [0, 0.05) is 16.0 Å². The molecule has 1 N–H and O–H groups in total. The number of thiophene rings is 1. The second-order valence-electron chi connectivity index (χ2n) is 5.01. The van der Waals surface area contributed by atoms with Crippen LogP contribution in [0.5, 0.6) is 0 Å². The molecule has 0 aromatic carbocycles. The highest BCUT2D eigenvalue weighted by atomic mass is 79.9. The van der Waals surface area contributed by atoms with Crippen LogP contribution >= 0.6 is 43.2 Å². The van der Waals surface area contributed by atoms with Gasteiger partial charge in [-0.2, -0.15) is 0 Å². The van der Waals surface area contributed by atoms with Crippen molar-refractivity contribution in [2.75, 3.05) is 5.32 Å². The molecule has 1 amide bonds. The Morgan fingerprint density at radius 1 is 1.37 bits per heavy atom. The number of carbonyl (C=O) groups excluding carboxylic acids is 1. The van der Waals surface area contributed by atoms with E-state index in [9.17, 15) is 4.79 Å². The fourth-order valence-electron chi connectivity index (χ4n) is 1.32. The van der Waals surface area contributed by atoms with Crippen LogP contribution in [0.3, 0.4) is 0 Å². The highest BCUT2D eigenvalue weighted by molar-refractivity contribution is 9.13. The van der Waals surface area contributed by atoms with Crippen LogP contribution in [-0.2, 0) is 5.41 Å². The van der Waals surface area contributed by atoms with Crippen molar-refractivity contribution in [1.29, 1.82) is 0 Å². The number of anilines is 1. The van der Waals surface area contributed by atoms with Crippen LogP contribution in [0.1, 0.15) is 36.2 Å². The van der Waals surface area contributed by atoms with Crippen LogP contribution in [0.15, 0.2) is 24.9 Å². The van der Waals surface area contributed by atoms with Crippen molar-refractivity contribution in [1.82, 2.24) is 5.16 Å². The van der Waals surface area contributed by atoms with Crippen LogP contribution < -0.4 is 5.32 Å². The maximum atomic E-state index is 12.0. The third-order valence-corrected chi connectivity index (χ3v) is 5.61. The number of carbonyl (C=O) groups is 1. The summed E-state index contributed by atoms with van der Waals surface area (Å²) in [7, 11) is 0. The molecular weight excluding hydrogens is 396 g/mol. The molecule has 0 saturated carbocycles. The first kappa shape index (κ1) is 14.7. The van der Waals surface area contributed by atoms with Gasteiger partial charge < -0.3 is 9.84 Å². The predicted octanol–water partition coefficient (Wildman–Crippen LogP) is 4.81. The summed E-state index contributed by atoms with van der Waals surface area (Å²) in [4.78, 5) is 12.6. The largest absolute Gasteiger partial charge is 0.359 e. The Hall–Kier alpha value is -0.660. The van der Waals surface area contributed by atoms with E-state index in [1.807, 2.05) is 20.8 Å². The molecule has 0 unspecified atom stereocenters. The Balaban J connectivity index is 2.13. The van der Waals surface area contributed by atoms with Gasteiger partial charge in [0.15, 0.2) is 5.82 Å². The van der Waals surface area contributed by atoms with Crippen LogP contribution in [0.25, 0.3) is 0 Å². The molecule has 7 heteroatoms. The van der Waals surface area contributed by atoms with Gasteiger partial charge in [-0.25, -0.2) is 0 Å². The number of nitrogens with zero attached hydrogens (tertiary/aromatic N) is 1. The Labute approximate surface area is 131 Å². The van der Waals surface area contributed by atoms with Crippen LogP contribution in [0.4, 0.5) is 5.82 Å². The zero-order chi connectivity index (χ0) is 14.2. The Kier molecular flexibility index (Phi) is 4.17. The van der Waals surface area contributed by atoms with Gasteiger partial charge >= 0.3 is 0 Å². The van der Waals surface area contributed by atoms with E-state index in [0.717, 1.165) is 14.0 Å². The molecule has 0 radical (unpaired) electrons. The first-order valence-corrected chi connectivity index (χ1v) is 7.91. The number of hydrogen-bond acceptors (Lipinski definition) is 4. The highest BCUT2D eigenvalue weighted by Crippen LogP contribution is 2.33. The number of rotatable bonds is 2. The molecule has 19 heavy (non-hydrogen) atoms. The second kappa shape index (κ2) is 5.38. The summed E-state index contributed by atoms with van der Waals surface area (Å²) < 4.78 is 6.96. The van der Waals surface area contributed by atoms with E-state index in [0.29, 0.717) is 10.7 Å². The van der Waals surface area contributed by atoms with Crippen molar-refractivity contribution in [3.05, 3.63) is 31.0 Å². The molecule has 2 aromatic heterocycles. The van der Waals surface area contributed by atoms with E-state index < -0.39 is 0 Å². The maximum Gasteiger partial charge on any atom is 0.267 e. The van der Waals surface area contributed by atoms with E-state index in [1.165, 1.54) is 11.3 Å². The van der Waals surface area contributed by atoms with Crippen molar-refractivity contribution in [3.63, 3.8) is 0 Å². The van der Waals surface area contributed by atoms with Crippen molar-refractivity contribution < 1.29 is 9.32 Å². The summed E-state index contributed by atoms with van der Waals surface area (Å²) in [5, 5.41) is 6.57. The number of hydrogen-bond donors (Lipinski definition) is 1. The first-order valence-electron chi connectivity index (χ1n) is 5.51. The molecule has 2 heterocycles. The number of amides is 1. The van der Waals surface area contributed by atoms with Gasteiger partial charge in [0.2, 0.25) is 0 Å². The average Bonchev–Trinajstić information content (AvgIpc) is 2.86. The van der Waals surface area contributed by atoms with Gasteiger partial charge in [-0.3, -0.25) is 4.79 Å². The van der Waals surface area contributed by atoms with E-state index in [-0.39, 0.29) is 11.3 Å². The standard InChI is InChI=1S/C12H12Br2N2O2S/c1-12(2,3)8-5-9(16-18-8)15-11(17)7-4-6(13)10(14)19-7/h4-5H,1-3H3,(H,15,16,17). The average molecular weight is 408 g/mol. The second-order valence-corrected chi connectivity index (χ2v) is 8.24. The van der Waals surface area contributed by atoms with Crippen LogP contribution in [-0.4, -0.2) is 11.1 Å². The predicted molar refractivity (Wildman–Crippen MR) is 82.9 cm³/mol. The smallest absolute Gasteiger partial charge is 0.267 e. The quantitative estimate of drug-likeness (QED) is 0.776. The zero-order valence-corrected chi connectivity index (χ0v) is 14.6. The van der Waals surface area contributed by atoms with E-state index in [2.05, 4.69) is 42.3 Å². The van der Waals surface area contributed by atoms with E-state index in [4.69, 9.17) is 4.52 Å². The molecule has 4 nitrogen and oxygen atoms in total. The van der Waals surface area contributed by atoms with Gasteiger partial charge in [0.05, 0.1) is 8.66 Å². The molecule has 2 aromatic rings. The van der Waals surface area contributed by atoms with E-state index in [1.54, 1.807) is 12.1 Å². The molecule has 0 aliphatic carbocycles. The fourth-order valence-corrected chi connectivity index (χ4v) is 3.25. The van der Waals surface area contributed by atoms with Crippen LogP contribution in [0, 0.1) is 0 Å². The van der Waals surface area contributed by atoms with Gasteiger partial charge in [-0.05, 0) is 37.9 Å². The van der Waals surface area contributed by atoms with Gasteiger partial charge in [0.25, 0.3) is 5.91 Å². The normalized spacial score (nSPS) is 11.6. The summed E-state index contributed by atoms with van der Waals surface area (Å²) in [6.07, 6.45) is 0. The third-order valence-electron chi connectivity index (χ3n) is 2.36. The topological polar surface area (TPSA) is 55.1 Å². The maximum absolute atomic E-state index is 12.0. The lowest BCUT2D eigenvalue weighted by molar-refractivity contribution is 0.102. The number of aromatic nitrogens is 1. The summed E-state index contributed by atoms with van der Waals surface area (Å²) in [6, 6.07) is 3.50. The molecule has 0 bridgehead atoms. The third kappa shape index (κ3) is 3.46. The molecule has 0 atom stereocenters. The Bertz CT molecular complexity index is 594. The molecule has 2 rings (SSSR count). The van der Waals surface area contributed by atoms with Crippen molar-refractivity contribution in [2.45, 2.75) is 26.2 Å². The molecule has 0 spiro atoms. The minimum Gasteiger partial charge on any atom is -0.359 e. The van der Waals surface area contributed by atoms with Crippen molar-refractivity contribution in [2.24, 2.45) is 0 Å². The SMILES string of the molecule is CC(C)(C)c1cc(NC(=O)c2cc(Br)c(Br)s2)no1. The minimum absolute atomic E-state index is 0.134. The Morgan fingerprint density at radius 2 is 2.05 bits per heavy atom. The zero-order valence-electron chi connectivity index (χ0n) is 10.6. The minimum atomic E-state index is -0.204. The molecule has 0 aliphatic heterocycles. The molecule has 0 fully saturated rings. The lowest BCUT2D eigenvalue weighted by Gasteiger charge is -2.11. The Morgan fingerprint density at radius 3 is 2.53 bits per heavy atom.